The van der Waals surface area contributed by atoms with Crippen molar-refractivity contribution in [3.63, 3.8) is 0 Å². The van der Waals surface area contributed by atoms with Gasteiger partial charge < -0.3 is 9.80 Å². The van der Waals surface area contributed by atoms with Crippen LogP contribution in [0.1, 0.15) is 23.3 Å². The molecule has 0 N–H and O–H groups in total. The molecule has 0 radical (unpaired) electrons. The molecule has 7 nitrogen and oxygen atoms in total. The number of carbonyl (C=O) groups excluding carboxylic acids is 1. The van der Waals surface area contributed by atoms with E-state index < -0.39 is 0 Å². The molecule has 4 rings (SSSR count). The average molecular weight is 473 g/mol. The summed E-state index contributed by atoms with van der Waals surface area (Å²) in [7, 11) is 3.71. The van der Waals surface area contributed by atoms with Crippen LogP contribution in [0.4, 0.5) is 10.3 Å². The number of likely N-dealkylation sites (N-methyl/N-ethyl adjacent to an activating group) is 1. The second-order valence-corrected chi connectivity index (χ2v) is 8.36. The standard InChI is InChI=1S/C21H22BrFN6O/c1-27(21-24-10-15(22)11-25-21)12-17-4-3-9-29(17)20(30)19-18(13-28(2)26-19)14-5-7-16(23)8-6-14/h5-8,10-11,13,17H,3-4,9,12H2,1-2H3/t17-/m0/s1. The fraction of sp³-hybridized carbons (Fsp3) is 0.333. The van der Waals surface area contributed by atoms with Crippen LogP contribution in [-0.2, 0) is 7.05 Å². The van der Waals surface area contributed by atoms with Crippen molar-refractivity contribution >= 4 is 27.8 Å². The van der Waals surface area contributed by atoms with Crippen molar-refractivity contribution in [2.75, 3.05) is 25.0 Å². The highest BCUT2D eigenvalue weighted by atomic mass is 79.9. The van der Waals surface area contributed by atoms with Crippen molar-refractivity contribution in [1.82, 2.24) is 24.6 Å². The van der Waals surface area contributed by atoms with Gasteiger partial charge in [0.05, 0.1) is 4.47 Å². The lowest BCUT2D eigenvalue weighted by Crippen LogP contribution is -2.43. The Hall–Kier alpha value is -2.81. The van der Waals surface area contributed by atoms with E-state index in [4.69, 9.17) is 0 Å². The minimum atomic E-state index is -0.312. The fourth-order valence-electron chi connectivity index (χ4n) is 3.82. The molecule has 1 amide bonds. The van der Waals surface area contributed by atoms with Crippen LogP contribution in [0.25, 0.3) is 11.1 Å². The average Bonchev–Trinajstić information content (AvgIpc) is 3.35. The third-order valence-corrected chi connectivity index (χ3v) is 5.67. The molecule has 0 unspecified atom stereocenters. The number of nitrogens with zero attached hydrogens (tertiary/aromatic N) is 6. The third-order valence-electron chi connectivity index (χ3n) is 5.26. The summed E-state index contributed by atoms with van der Waals surface area (Å²) in [5.41, 5.74) is 1.86. The van der Waals surface area contributed by atoms with E-state index in [1.807, 2.05) is 16.8 Å². The maximum Gasteiger partial charge on any atom is 0.275 e. The zero-order valence-corrected chi connectivity index (χ0v) is 18.4. The molecular weight excluding hydrogens is 451 g/mol. The van der Waals surface area contributed by atoms with Gasteiger partial charge in [0.15, 0.2) is 5.69 Å². The highest BCUT2D eigenvalue weighted by Crippen LogP contribution is 2.27. The van der Waals surface area contributed by atoms with Gasteiger partial charge in [-0.3, -0.25) is 9.48 Å². The number of hydrogen-bond donors (Lipinski definition) is 0. The summed E-state index contributed by atoms with van der Waals surface area (Å²) in [6.07, 6.45) is 7.06. The monoisotopic (exact) mass is 472 g/mol. The summed E-state index contributed by atoms with van der Waals surface area (Å²) in [6, 6.07) is 6.16. The number of benzene rings is 1. The molecular formula is C21H22BrFN6O. The second-order valence-electron chi connectivity index (χ2n) is 7.45. The zero-order chi connectivity index (χ0) is 21.3. The topological polar surface area (TPSA) is 67.2 Å². The summed E-state index contributed by atoms with van der Waals surface area (Å²) in [5.74, 6) is 0.193. The van der Waals surface area contributed by atoms with Crippen LogP contribution in [0, 0.1) is 5.82 Å². The van der Waals surface area contributed by atoms with Gasteiger partial charge in [-0.15, -0.1) is 0 Å². The van der Waals surface area contributed by atoms with Gasteiger partial charge in [0.1, 0.15) is 5.82 Å². The zero-order valence-electron chi connectivity index (χ0n) is 16.8. The van der Waals surface area contributed by atoms with Crippen molar-refractivity contribution in [2.24, 2.45) is 7.05 Å². The first-order chi connectivity index (χ1) is 14.4. The number of rotatable bonds is 5. The molecule has 1 fully saturated rings. The summed E-state index contributed by atoms with van der Waals surface area (Å²) in [5, 5.41) is 4.42. The molecule has 0 bridgehead atoms. The van der Waals surface area contributed by atoms with Crippen LogP contribution < -0.4 is 4.90 Å². The number of carbonyl (C=O) groups is 1. The number of halogens is 2. The van der Waals surface area contributed by atoms with E-state index in [2.05, 4.69) is 31.0 Å². The second kappa shape index (κ2) is 8.51. The molecule has 0 spiro atoms. The Bertz CT molecular complexity index is 1040. The Balaban J connectivity index is 1.55. The van der Waals surface area contributed by atoms with Crippen LogP contribution >= 0.6 is 15.9 Å². The summed E-state index contributed by atoms with van der Waals surface area (Å²) < 4.78 is 15.8. The molecule has 30 heavy (non-hydrogen) atoms. The van der Waals surface area contributed by atoms with E-state index in [0.29, 0.717) is 30.3 Å². The molecule has 1 aromatic carbocycles. The van der Waals surface area contributed by atoms with Gasteiger partial charge in [-0.25, -0.2) is 14.4 Å². The molecule has 0 aliphatic carbocycles. The predicted octanol–water partition coefficient (Wildman–Crippen LogP) is 3.52. The van der Waals surface area contributed by atoms with Crippen molar-refractivity contribution < 1.29 is 9.18 Å². The lowest BCUT2D eigenvalue weighted by Gasteiger charge is -2.28. The maximum absolute atomic E-state index is 13.4. The molecule has 3 aromatic rings. The van der Waals surface area contributed by atoms with Gasteiger partial charge in [-0.2, -0.15) is 5.10 Å². The predicted molar refractivity (Wildman–Crippen MR) is 116 cm³/mol. The minimum Gasteiger partial charge on any atom is -0.342 e. The maximum atomic E-state index is 13.4. The molecule has 1 atom stereocenters. The molecule has 0 saturated carbocycles. The molecule has 1 aliphatic heterocycles. The Morgan fingerprint density at radius 1 is 1.27 bits per heavy atom. The molecule has 156 valence electrons. The quantitative estimate of drug-likeness (QED) is 0.568. The van der Waals surface area contributed by atoms with Crippen LogP contribution in [0.2, 0.25) is 0 Å². The van der Waals surface area contributed by atoms with Crippen LogP contribution in [-0.4, -0.2) is 56.7 Å². The van der Waals surface area contributed by atoms with E-state index in [0.717, 1.165) is 22.9 Å². The first-order valence-electron chi connectivity index (χ1n) is 9.71. The lowest BCUT2D eigenvalue weighted by atomic mass is 10.1. The SMILES string of the molecule is CN(C[C@@H]1CCCN1C(=O)c1nn(C)cc1-c1ccc(F)cc1)c1ncc(Br)cn1. The van der Waals surface area contributed by atoms with Gasteiger partial charge in [0.2, 0.25) is 5.95 Å². The first kappa shape index (κ1) is 20.5. The van der Waals surface area contributed by atoms with Gasteiger partial charge in [-0.1, -0.05) is 12.1 Å². The van der Waals surface area contributed by atoms with E-state index in [9.17, 15) is 9.18 Å². The van der Waals surface area contributed by atoms with Gasteiger partial charge in [-0.05, 0) is 46.5 Å². The van der Waals surface area contributed by atoms with Crippen molar-refractivity contribution in [3.8, 4) is 11.1 Å². The number of hydrogen-bond acceptors (Lipinski definition) is 5. The van der Waals surface area contributed by atoms with Gasteiger partial charge in [0.25, 0.3) is 5.91 Å². The number of aryl methyl sites for hydroxylation is 1. The smallest absolute Gasteiger partial charge is 0.275 e. The molecule has 2 aromatic heterocycles. The van der Waals surface area contributed by atoms with E-state index in [1.54, 1.807) is 42.5 Å². The number of likely N-dealkylation sites (tertiary alicyclic amines) is 1. The minimum absolute atomic E-state index is 0.0396. The Labute approximate surface area is 182 Å². The van der Waals surface area contributed by atoms with Crippen LogP contribution in [0.5, 0.6) is 0 Å². The highest BCUT2D eigenvalue weighted by molar-refractivity contribution is 9.10. The van der Waals surface area contributed by atoms with Crippen molar-refractivity contribution in [3.05, 3.63) is 58.8 Å². The Kier molecular flexibility index (Phi) is 5.80. The largest absolute Gasteiger partial charge is 0.342 e. The van der Waals surface area contributed by atoms with E-state index in [1.165, 1.54) is 12.1 Å². The molecule has 3 heterocycles. The Morgan fingerprint density at radius 3 is 2.67 bits per heavy atom. The molecule has 9 heteroatoms. The Morgan fingerprint density at radius 2 is 1.97 bits per heavy atom. The molecule has 1 saturated heterocycles. The summed E-state index contributed by atoms with van der Waals surface area (Å²) >= 11 is 3.34. The van der Waals surface area contributed by atoms with E-state index >= 15 is 0 Å². The van der Waals surface area contributed by atoms with Crippen LogP contribution in [0.3, 0.4) is 0 Å². The van der Waals surface area contributed by atoms with Gasteiger partial charge in [0, 0.05) is 57.4 Å². The summed E-state index contributed by atoms with van der Waals surface area (Å²) in [4.78, 5) is 25.9. The molecule has 1 aliphatic rings. The first-order valence-corrected chi connectivity index (χ1v) is 10.5. The van der Waals surface area contributed by atoms with Crippen LogP contribution in [0.15, 0.2) is 47.3 Å². The number of anilines is 1. The number of amides is 1. The third kappa shape index (κ3) is 4.21. The lowest BCUT2D eigenvalue weighted by molar-refractivity contribution is 0.0734. The fourth-order valence-corrected chi connectivity index (χ4v) is 4.02. The number of aromatic nitrogens is 4. The van der Waals surface area contributed by atoms with Gasteiger partial charge >= 0.3 is 0 Å². The normalized spacial score (nSPS) is 16.1. The highest BCUT2D eigenvalue weighted by Gasteiger charge is 2.33. The van der Waals surface area contributed by atoms with E-state index in [-0.39, 0.29) is 17.8 Å². The van der Waals surface area contributed by atoms with Crippen molar-refractivity contribution in [1.29, 1.82) is 0 Å². The van der Waals surface area contributed by atoms with Crippen molar-refractivity contribution in [2.45, 2.75) is 18.9 Å². The summed E-state index contributed by atoms with van der Waals surface area (Å²) in [6.45, 7) is 1.31.